The maximum absolute atomic E-state index is 12.5. The van der Waals surface area contributed by atoms with Gasteiger partial charge in [0.1, 0.15) is 5.75 Å². The lowest BCUT2D eigenvalue weighted by Gasteiger charge is -2.30. The molecule has 31 heavy (non-hydrogen) atoms. The van der Waals surface area contributed by atoms with Gasteiger partial charge in [0.15, 0.2) is 0 Å². The summed E-state index contributed by atoms with van der Waals surface area (Å²) >= 11 is 0. The van der Waals surface area contributed by atoms with Crippen LogP contribution in [0.4, 0.5) is 19.1 Å². The number of piperidine rings is 1. The molecule has 7 nitrogen and oxygen atoms in total. The van der Waals surface area contributed by atoms with Crippen LogP contribution >= 0.6 is 0 Å². The van der Waals surface area contributed by atoms with Crippen molar-refractivity contribution in [1.82, 2.24) is 19.7 Å². The number of benzene rings is 1. The number of aryl methyl sites for hydroxylation is 1. The predicted molar refractivity (Wildman–Crippen MR) is 109 cm³/mol. The highest BCUT2D eigenvalue weighted by Gasteiger charge is 2.31. The number of hydrogen-bond donors (Lipinski definition) is 1. The molecule has 0 aliphatic carbocycles. The number of halogens is 3. The molecule has 3 heterocycles. The van der Waals surface area contributed by atoms with E-state index in [4.69, 9.17) is 0 Å². The number of aromatic nitrogens is 4. The summed E-state index contributed by atoms with van der Waals surface area (Å²) in [5.74, 6) is 1.02. The first-order valence-corrected chi connectivity index (χ1v) is 9.97. The van der Waals surface area contributed by atoms with E-state index in [1.165, 1.54) is 22.9 Å². The van der Waals surface area contributed by atoms with Crippen LogP contribution in [0.15, 0.2) is 41.3 Å². The maximum atomic E-state index is 12.5. The summed E-state index contributed by atoms with van der Waals surface area (Å²) in [6.45, 7) is 5.93. The fourth-order valence-corrected chi connectivity index (χ4v) is 3.60. The number of nitrogens with one attached hydrogen (secondary N) is 1. The summed E-state index contributed by atoms with van der Waals surface area (Å²) in [5.41, 5.74) is 1.96. The first-order chi connectivity index (χ1) is 14.7. The van der Waals surface area contributed by atoms with E-state index in [9.17, 15) is 18.0 Å². The smallest absolute Gasteiger partial charge is 0.406 e. The van der Waals surface area contributed by atoms with Crippen molar-refractivity contribution in [2.24, 2.45) is 5.92 Å². The van der Waals surface area contributed by atoms with Gasteiger partial charge in [-0.2, -0.15) is 0 Å². The highest BCUT2D eigenvalue weighted by Crippen LogP contribution is 2.25. The Balaban J connectivity index is 1.57. The van der Waals surface area contributed by atoms with Crippen molar-refractivity contribution in [2.45, 2.75) is 33.1 Å². The second-order valence-corrected chi connectivity index (χ2v) is 7.72. The van der Waals surface area contributed by atoms with E-state index in [1.54, 1.807) is 6.20 Å². The number of ether oxygens (including phenoxy) is 1. The molecule has 1 N–H and O–H groups in total. The fourth-order valence-electron chi connectivity index (χ4n) is 3.60. The Bertz CT molecular complexity index is 1110. The van der Waals surface area contributed by atoms with Gasteiger partial charge in [-0.15, -0.1) is 13.2 Å². The van der Waals surface area contributed by atoms with Gasteiger partial charge in [-0.1, -0.05) is 6.92 Å². The van der Waals surface area contributed by atoms with E-state index in [-0.39, 0.29) is 11.3 Å². The Hall–Kier alpha value is -3.30. The zero-order valence-corrected chi connectivity index (χ0v) is 17.1. The second-order valence-electron chi connectivity index (χ2n) is 7.72. The van der Waals surface area contributed by atoms with E-state index in [0.29, 0.717) is 28.8 Å². The van der Waals surface area contributed by atoms with Crippen molar-refractivity contribution in [3.8, 4) is 22.7 Å². The average Bonchev–Trinajstić information content (AvgIpc) is 3.09. The van der Waals surface area contributed by atoms with Crippen molar-refractivity contribution in [1.29, 1.82) is 0 Å². The van der Waals surface area contributed by atoms with Gasteiger partial charge in [0.05, 0.1) is 17.1 Å². The van der Waals surface area contributed by atoms with Crippen LogP contribution in [0.2, 0.25) is 0 Å². The Morgan fingerprint density at radius 1 is 1.16 bits per heavy atom. The molecule has 1 aliphatic heterocycles. The quantitative estimate of drug-likeness (QED) is 0.672. The van der Waals surface area contributed by atoms with Crippen LogP contribution in [0.3, 0.4) is 0 Å². The highest BCUT2D eigenvalue weighted by molar-refractivity contribution is 5.61. The molecule has 1 fully saturated rings. The summed E-state index contributed by atoms with van der Waals surface area (Å²) in [7, 11) is 0. The number of aromatic amines is 1. The van der Waals surface area contributed by atoms with E-state index in [0.717, 1.165) is 43.8 Å². The number of alkyl halides is 3. The number of hydrogen-bond acceptors (Lipinski definition) is 5. The lowest BCUT2D eigenvalue weighted by Crippen LogP contribution is -2.34. The van der Waals surface area contributed by atoms with Gasteiger partial charge in [0.25, 0.3) is 5.56 Å². The molecule has 3 aromatic rings. The van der Waals surface area contributed by atoms with Gasteiger partial charge in [-0.05, 0) is 49.9 Å². The first kappa shape index (κ1) is 21.0. The van der Waals surface area contributed by atoms with Gasteiger partial charge in [-0.3, -0.25) is 9.89 Å². The van der Waals surface area contributed by atoms with Gasteiger partial charge in [0, 0.05) is 30.9 Å². The van der Waals surface area contributed by atoms with E-state index in [1.807, 2.05) is 6.92 Å². The van der Waals surface area contributed by atoms with Gasteiger partial charge in [-0.25, -0.2) is 14.6 Å². The molecule has 1 saturated heterocycles. The van der Waals surface area contributed by atoms with Crippen LogP contribution in [0.25, 0.3) is 16.9 Å². The molecule has 0 amide bonds. The molecule has 0 spiro atoms. The van der Waals surface area contributed by atoms with E-state index >= 15 is 0 Å². The normalized spacial score (nSPS) is 15.3. The molecule has 10 heteroatoms. The molecule has 1 aliphatic rings. The predicted octanol–water partition coefficient (Wildman–Crippen LogP) is 4.07. The van der Waals surface area contributed by atoms with Crippen molar-refractivity contribution in [2.75, 3.05) is 18.0 Å². The van der Waals surface area contributed by atoms with Gasteiger partial charge >= 0.3 is 6.36 Å². The Kier molecular flexibility index (Phi) is 5.47. The topological polar surface area (TPSA) is 76.0 Å². The Morgan fingerprint density at radius 2 is 1.84 bits per heavy atom. The van der Waals surface area contributed by atoms with Crippen LogP contribution in [-0.2, 0) is 0 Å². The molecule has 0 atom stereocenters. The fraction of sp³-hybridized carbons (Fsp3) is 0.381. The molecule has 4 rings (SSSR count). The minimum absolute atomic E-state index is 0.354. The summed E-state index contributed by atoms with van der Waals surface area (Å²) in [5, 5.41) is 2.97. The third-order valence-electron chi connectivity index (χ3n) is 5.37. The molecular weight excluding hydrogens is 411 g/mol. The molecule has 0 radical (unpaired) electrons. The lowest BCUT2D eigenvalue weighted by molar-refractivity contribution is -0.274. The largest absolute Gasteiger partial charge is 0.573 e. The number of nitrogens with zero attached hydrogens (tertiary/aromatic N) is 4. The number of anilines is 1. The minimum atomic E-state index is -4.77. The maximum Gasteiger partial charge on any atom is 0.573 e. The van der Waals surface area contributed by atoms with Crippen molar-refractivity contribution in [3.63, 3.8) is 0 Å². The second kappa shape index (κ2) is 8.09. The van der Waals surface area contributed by atoms with Crippen LogP contribution < -0.4 is 15.2 Å². The molecule has 1 aromatic carbocycles. The van der Waals surface area contributed by atoms with Crippen LogP contribution in [0.5, 0.6) is 5.75 Å². The molecule has 164 valence electrons. The van der Waals surface area contributed by atoms with Gasteiger partial charge < -0.3 is 9.64 Å². The Labute approximate surface area is 176 Å². The SMILES string of the molecule is Cc1nc(N2CCC(C)CC2)ncc1-c1cc(=O)n(-c2ccc(OC(F)(F)F)cc2)[nH]1. The molecule has 0 unspecified atom stereocenters. The average molecular weight is 433 g/mol. The number of H-pyrrole nitrogens is 1. The summed E-state index contributed by atoms with van der Waals surface area (Å²) in [6, 6.07) is 6.45. The molecule has 0 saturated carbocycles. The van der Waals surface area contributed by atoms with Crippen molar-refractivity contribution in [3.05, 3.63) is 52.6 Å². The Morgan fingerprint density at radius 3 is 2.45 bits per heavy atom. The minimum Gasteiger partial charge on any atom is -0.406 e. The third kappa shape index (κ3) is 4.73. The van der Waals surface area contributed by atoms with Crippen LogP contribution in [0, 0.1) is 12.8 Å². The van der Waals surface area contributed by atoms with E-state index < -0.39 is 6.36 Å². The van der Waals surface area contributed by atoms with Crippen molar-refractivity contribution >= 4 is 5.95 Å². The molecule has 2 aromatic heterocycles. The molecule has 0 bridgehead atoms. The highest BCUT2D eigenvalue weighted by atomic mass is 19.4. The zero-order valence-electron chi connectivity index (χ0n) is 17.1. The van der Waals surface area contributed by atoms with Crippen LogP contribution in [-0.4, -0.2) is 39.2 Å². The summed E-state index contributed by atoms with van der Waals surface area (Å²) < 4.78 is 42.1. The van der Waals surface area contributed by atoms with E-state index in [2.05, 4.69) is 31.6 Å². The first-order valence-electron chi connectivity index (χ1n) is 9.97. The standard InChI is InChI=1S/C21H22F3N5O2/c1-13-7-9-28(10-8-13)20-25-12-17(14(2)26-20)18-11-19(30)29(27-18)15-3-5-16(6-4-15)31-21(22,23)24/h3-6,11-13,27H,7-10H2,1-2H3. The zero-order chi connectivity index (χ0) is 22.2. The number of rotatable bonds is 4. The van der Waals surface area contributed by atoms with Gasteiger partial charge in [0.2, 0.25) is 5.95 Å². The monoisotopic (exact) mass is 433 g/mol. The lowest BCUT2D eigenvalue weighted by atomic mass is 10.00. The van der Waals surface area contributed by atoms with Crippen molar-refractivity contribution < 1.29 is 17.9 Å². The molecular formula is C21H22F3N5O2. The summed E-state index contributed by atoms with van der Waals surface area (Å²) in [4.78, 5) is 23.7. The third-order valence-corrected chi connectivity index (χ3v) is 5.37. The van der Waals surface area contributed by atoms with Crippen LogP contribution in [0.1, 0.15) is 25.5 Å². The summed E-state index contributed by atoms with van der Waals surface area (Å²) in [6.07, 6.45) is -0.875.